The molecule has 2 N–H and O–H groups in total. The number of rotatable bonds is 7. The minimum Gasteiger partial charge on any atom is -0.381 e. The number of anilines is 1. The molecule has 0 spiro atoms. The number of fused-ring (bicyclic) bond motifs is 1. The van der Waals surface area contributed by atoms with E-state index in [0.717, 1.165) is 67.0 Å². The van der Waals surface area contributed by atoms with E-state index in [1.807, 2.05) is 10.9 Å². The summed E-state index contributed by atoms with van der Waals surface area (Å²) in [6, 6.07) is 2.04. The van der Waals surface area contributed by atoms with Gasteiger partial charge in [0.1, 0.15) is 5.69 Å². The van der Waals surface area contributed by atoms with Crippen LogP contribution in [0.1, 0.15) is 48.4 Å². The van der Waals surface area contributed by atoms with Crippen molar-refractivity contribution in [2.45, 2.75) is 52.2 Å². The molecule has 1 aliphatic heterocycles. The molecule has 0 bridgehead atoms. The molecule has 1 saturated heterocycles. The van der Waals surface area contributed by atoms with E-state index in [2.05, 4.69) is 34.7 Å². The summed E-state index contributed by atoms with van der Waals surface area (Å²) >= 11 is 0. The number of ether oxygens (including phenoxy) is 1. The third-order valence-electron chi connectivity index (χ3n) is 5.66. The number of nitrogens with one attached hydrogen (secondary N) is 2. The SMILES string of the molecule is CCc1nc2c(cnn2CC)c(NC2CCOCC2)c1CNC(=O)c1ccnn1C. The lowest BCUT2D eigenvalue weighted by atomic mass is 10.0. The summed E-state index contributed by atoms with van der Waals surface area (Å²) in [5.41, 5.74) is 4.42. The quantitative estimate of drug-likeness (QED) is 0.619. The van der Waals surface area contributed by atoms with E-state index in [9.17, 15) is 4.79 Å². The molecule has 30 heavy (non-hydrogen) atoms. The van der Waals surface area contributed by atoms with Crippen molar-refractivity contribution in [3.05, 3.63) is 35.4 Å². The lowest BCUT2D eigenvalue weighted by Gasteiger charge is -2.26. The van der Waals surface area contributed by atoms with E-state index in [0.29, 0.717) is 18.3 Å². The van der Waals surface area contributed by atoms with E-state index in [4.69, 9.17) is 9.72 Å². The second kappa shape index (κ2) is 8.83. The van der Waals surface area contributed by atoms with Gasteiger partial charge in [-0.1, -0.05) is 6.92 Å². The van der Waals surface area contributed by atoms with Gasteiger partial charge in [0.15, 0.2) is 5.65 Å². The normalized spacial score (nSPS) is 14.9. The maximum Gasteiger partial charge on any atom is 0.269 e. The predicted octanol–water partition coefficient (Wildman–Crippen LogP) is 2.27. The van der Waals surface area contributed by atoms with Gasteiger partial charge in [-0.25, -0.2) is 9.67 Å². The fourth-order valence-corrected chi connectivity index (χ4v) is 3.96. The Morgan fingerprint density at radius 3 is 2.73 bits per heavy atom. The molecule has 0 aromatic carbocycles. The molecule has 160 valence electrons. The molecular formula is C21H29N7O2. The molecule has 3 aromatic heterocycles. The molecule has 0 unspecified atom stereocenters. The number of aryl methyl sites for hydroxylation is 3. The number of hydrogen-bond donors (Lipinski definition) is 2. The molecule has 0 radical (unpaired) electrons. The number of carbonyl (C=O) groups is 1. The summed E-state index contributed by atoms with van der Waals surface area (Å²) in [6.07, 6.45) is 6.17. The number of aromatic nitrogens is 5. The zero-order valence-corrected chi connectivity index (χ0v) is 17.8. The van der Waals surface area contributed by atoms with Gasteiger partial charge in [0.2, 0.25) is 0 Å². The summed E-state index contributed by atoms with van der Waals surface area (Å²) in [4.78, 5) is 17.6. The van der Waals surface area contributed by atoms with Gasteiger partial charge in [-0.05, 0) is 32.3 Å². The Bertz CT molecular complexity index is 1030. The first-order chi connectivity index (χ1) is 14.6. The van der Waals surface area contributed by atoms with Crippen molar-refractivity contribution in [3.8, 4) is 0 Å². The maximum absolute atomic E-state index is 12.7. The highest BCUT2D eigenvalue weighted by molar-refractivity contribution is 5.94. The van der Waals surface area contributed by atoms with Gasteiger partial charge in [-0.3, -0.25) is 9.48 Å². The molecule has 3 aromatic rings. The molecule has 1 aliphatic rings. The third kappa shape index (κ3) is 3.89. The highest BCUT2D eigenvalue weighted by atomic mass is 16.5. The van der Waals surface area contributed by atoms with Crippen LogP contribution in [-0.4, -0.2) is 49.7 Å². The Morgan fingerprint density at radius 2 is 2.07 bits per heavy atom. The van der Waals surface area contributed by atoms with Crippen molar-refractivity contribution in [2.75, 3.05) is 18.5 Å². The largest absolute Gasteiger partial charge is 0.381 e. The summed E-state index contributed by atoms with van der Waals surface area (Å²) in [7, 11) is 1.76. The topological polar surface area (TPSA) is 98.9 Å². The molecule has 0 saturated carbocycles. The molecule has 0 aliphatic carbocycles. The van der Waals surface area contributed by atoms with Crippen molar-refractivity contribution in [1.82, 2.24) is 29.9 Å². The Morgan fingerprint density at radius 1 is 1.27 bits per heavy atom. The summed E-state index contributed by atoms with van der Waals surface area (Å²) in [5.74, 6) is -0.154. The Kier molecular flexibility index (Phi) is 5.98. The van der Waals surface area contributed by atoms with Gasteiger partial charge in [-0.2, -0.15) is 10.2 Å². The van der Waals surface area contributed by atoms with Crippen LogP contribution < -0.4 is 10.6 Å². The Balaban J connectivity index is 1.71. The van der Waals surface area contributed by atoms with Crippen LogP contribution >= 0.6 is 0 Å². The van der Waals surface area contributed by atoms with Gasteiger partial charge >= 0.3 is 0 Å². The van der Waals surface area contributed by atoms with Crippen LogP contribution in [0, 0.1) is 0 Å². The fraction of sp³-hybridized carbons (Fsp3) is 0.524. The lowest BCUT2D eigenvalue weighted by molar-refractivity contribution is 0.0904. The number of nitrogens with zero attached hydrogens (tertiary/aromatic N) is 5. The van der Waals surface area contributed by atoms with Crippen molar-refractivity contribution >= 4 is 22.6 Å². The number of hydrogen-bond acceptors (Lipinski definition) is 6. The highest BCUT2D eigenvalue weighted by Gasteiger charge is 2.22. The zero-order valence-electron chi connectivity index (χ0n) is 17.8. The zero-order chi connectivity index (χ0) is 21.1. The number of carbonyl (C=O) groups excluding carboxylic acids is 1. The van der Waals surface area contributed by atoms with Gasteiger partial charge in [-0.15, -0.1) is 0 Å². The van der Waals surface area contributed by atoms with Crippen molar-refractivity contribution in [2.24, 2.45) is 7.05 Å². The molecule has 9 heteroatoms. The third-order valence-corrected chi connectivity index (χ3v) is 5.66. The smallest absolute Gasteiger partial charge is 0.269 e. The Hall–Kier alpha value is -2.94. The van der Waals surface area contributed by atoms with E-state index >= 15 is 0 Å². The maximum atomic E-state index is 12.7. The second-order valence-electron chi connectivity index (χ2n) is 7.52. The average molecular weight is 412 g/mol. The first-order valence-corrected chi connectivity index (χ1v) is 10.6. The number of amides is 1. The van der Waals surface area contributed by atoms with E-state index < -0.39 is 0 Å². The van der Waals surface area contributed by atoms with Crippen LogP contribution in [0.25, 0.3) is 11.0 Å². The standard InChI is InChI=1S/C21H29N7O2/c1-4-17-15(12-22-21(29)18-6-9-23-27(18)3)19(25-14-7-10-30-11-8-14)16-13-24-28(5-2)20(16)26-17/h6,9,13-14H,4-5,7-8,10-12H2,1-3H3,(H,22,29)(H,25,26). The average Bonchev–Trinajstić information content (AvgIpc) is 3.38. The molecule has 0 atom stereocenters. The highest BCUT2D eigenvalue weighted by Crippen LogP contribution is 2.31. The second-order valence-corrected chi connectivity index (χ2v) is 7.52. The van der Waals surface area contributed by atoms with Crippen LogP contribution in [0.5, 0.6) is 0 Å². The van der Waals surface area contributed by atoms with Crippen molar-refractivity contribution in [3.63, 3.8) is 0 Å². The van der Waals surface area contributed by atoms with Gasteiger partial charge in [0, 0.05) is 56.8 Å². The summed E-state index contributed by atoms with van der Waals surface area (Å²) < 4.78 is 9.01. The monoisotopic (exact) mass is 411 g/mol. The van der Waals surface area contributed by atoms with E-state index in [1.54, 1.807) is 24.0 Å². The van der Waals surface area contributed by atoms with Crippen LogP contribution in [-0.2, 0) is 31.3 Å². The summed E-state index contributed by atoms with van der Waals surface area (Å²) in [6.45, 7) is 6.81. The Labute approximate surface area is 175 Å². The molecular weight excluding hydrogens is 382 g/mol. The van der Waals surface area contributed by atoms with Crippen molar-refractivity contribution in [1.29, 1.82) is 0 Å². The fourth-order valence-electron chi connectivity index (χ4n) is 3.96. The van der Waals surface area contributed by atoms with Crippen LogP contribution in [0.3, 0.4) is 0 Å². The molecule has 9 nitrogen and oxygen atoms in total. The summed E-state index contributed by atoms with van der Waals surface area (Å²) in [5, 5.41) is 16.4. The van der Waals surface area contributed by atoms with E-state index in [1.165, 1.54) is 0 Å². The van der Waals surface area contributed by atoms with Crippen LogP contribution in [0.4, 0.5) is 5.69 Å². The number of pyridine rings is 1. The minimum atomic E-state index is -0.154. The molecule has 4 rings (SSSR count). The minimum absolute atomic E-state index is 0.154. The van der Waals surface area contributed by atoms with Gasteiger partial charge in [0.05, 0.1) is 17.3 Å². The molecule has 1 amide bonds. The first kappa shape index (κ1) is 20.3. The lowest BCUT2D eigenvalue weighted by Crippen LogP contribution is -2.30. The molecule has 4 heterocycles. The van der Waals surface area contributed by atoms with Crippen molar-refractivity contribution < 1.29 is 9.53 Å². The first-order valence-electron chi connectivity index (χ1n) is 10.6. The predicted molar refractivity (Wildman–Crippen MR) is 114 cm³/mol. The van der Waals surface area contributed by atoms with Gasteiger partial charge < -0.3 is 15.4 Å². The van der Waals surface area contributed by atoms with Crippen LogP contribution in [0.15, 0.2) is 18.5 Å². The van der Waals surface area contributed by atoms with E-state index in [-0.39, 0.29) is 5.91 Å². The van der Waals surface area contributed by atoms with Crippen LogP contribution in [0.2, 0.25) is 0 Å². The van der Waals surface area contributed by atoms with Gasteiger partial charge in [0.25, 0.3) is 5.91 Å². The molecule has 1 fully saturated rings.